The Labute approximate surface area is 171 Å². The molecule has 0 spiro atoms. The molecule has 1 atom stereocenters. The van der Waals surface area contributed by atoms with Crippen LogP contribution in [-0.2, 0) is 14.6 Å². The van der Waals surface area contributed by atoms with E-state index in [0.717, 1.165) is 36.1 Å². The molecule has 29 heavy (non-hydrogen) atoms. The van der Waals surface area contributed by atoms with Gasteiger partial charge in [-0.2, -0.15) is 5.10 Å². The lowest BCUT2D eigenvalue weighted by atomic mass is 10.0. The molecule has 0 N–H and O–H groups in total. The fraction of sp³-hybridized carbons (Fsp3) is 0.455. The highest BCUT2D eigenvalue weighted by atomic mass is 32.2. The molecule has 2 aromatic rings. The van der Waals surface area contributed by atoms with Crippen LogP contribution in [0.4, 0.5) is 0 Å². The van der Waals surface area contributed by atoms with Crippen molar-refractivity contribution in [3.05, 3.63) is 59.5 Å². The van der Waals surface area contributed by atoms with Crippen LogP contribution in [0.5, 0.6) is 0 Å². The van der Waals surface area contributed by atoms with Crippen LogP contribution in [-0.4, -0.2) is 36.0 Å². The molecule has 1 aliphatic heterocycles. The number of benzene rings is 1. The first-order valence-electron chi connectivity index (χ1n) is 10.2. The molecule has 4 rings (SSSR count). The summed E-state index contributed by atoms with van der Waals surface area (Å²) in [6.45, 7) is 2.01. The summed E-state index contributed by atoms with van der Waals surface area (Å²) in [7, 11) is -3.49. The Balaban J connectivity index is 1.59. The lowest BCUT2D eigenvalue weighted by molar-refractivity contribution is -0.130. The Hall–Kier alpha value is -2.41. The first-order valence-corrected chi connectivity index (χ1v) is 11.9. The van der Waals surface area contributed by atoms with Crippen LogP contribution in [0.2, 0.25) is 0 Å². The van der Waals surface area contributed by atoms with Gasteiger partial charge in [-0.25, -0.2) is 13.4 Å². The maximum absolute atomic E-state index is 13.0. The molecule has 0 saturated heterocycles. The predicted octanol–water partition coefficient (Wildman–Crippen LogP) is 4.01. The molecule has 0 bridgehead atoms. The van der Waals surface area contributed by atoms with Gasteiger partial charge < -0.3 is 4.42 Å². The predicted molar refractivity (Wildman–Crippen MR) is 111 cm³/mol. The van der Waals surface area contributed by atoms with Crippen molar-refractivity contribution < 1.29 is 17.6 Å². The molecule has 2 aliphatic rings. The topological polar surface area (TPSA) is 80.0 Å². The maximum atomic E-state index is 13.0. The normalized spacial score (nSPS) is 20.7. The van der Waals surface area contributed by atoms with Crippen LogP contribution in [0.15, 0.2) is 52.2 Å². The summed E-state index contributed by atoms with van der Waals surface area (Å²) in [4.78, 5) is 13.0. The van der Waals surface area contributed by atoms with Crippen molar-refractivity contribution in [2.45, 2.75) is 56.7 Å². The molecule has 154 valence electrons. The minimum Gasteiger partial charge on any atom is -0.467 e. The Kier molecular flexibility index (Phi) is 5.58. The van der Waals surface area contributed by atoms with Gasteiger partial charge in [0, 0.05) is 6.42 Å². The lowest BCUT2D eigenvalue weighted by Gasteiger charge is -2.24. The Morgan fingerprint density at radius 2 is 1.86 bits per heavy atom. The van der Waals surface area contributed by atoms with E-state index in [-0.39, 0.29) is 0 Å². The minimum atomic E-state index is -3.49. The quantitative estimate of drug-likeness (QED) is 0.740. The Morgan fingerprint density at radius 1 is 1.14 bits per heavy atom. The highest BCUT2D eigenvalue weighted by Crippen LogP contribution is 2.34. The first-order chi connectivity index (χ1) is 13.9. The number of hydrogen-bond acceptors (Lipinski definition) is 5. The number of rotatable bonds is 5. The molecule has 2 heterocycles. The fourth-order valence-corrected chi connectivity index (χ4v) is 5.91. The van der Waals surface area contributed by atoms with E-state index in [1.54, 1.807) is 18.4 Å². The van der Waals surface area contributed by atoms with Crippen LogP contribution in [0.3, 0.4) is 0 Å². The van der Waals surface area contributed by atoms with E-state index in [1.807, 2.05) is 31.2 Å². The number of hydrazone groups is 1. The van der Waals surface area contributed by atoms with Gasteiger partial charge in [0.2, 0.25) is 0 Å². The SMILES string of the molecule is Cc1ccc(C2=NN(C(=O)CS(=O)(=O)C3CCCCC3)C(c3ccco3)C2)cc1. The molecule has 1 amide bonds. The van der Waals surface area contributed by atoms with Gasteiger partial charge in [-0.15, -0.1) is 0 Å². The molecular weight excluding hydrogens is 388 g/mol. The molecule has 1 aromatic carbocycles. The van der Waals surface area contributed by atoms with Crippen molar-refractivity contribution in [2.24, 2.45) is 5.10 Å². The second kappa shape index (κ2) is 8.14. The van der Waals surface area contributed by atoms with E-state index in [1.165, 1.54) is 5.01 Å². The van der Waals surface area contributed by atoms with Gasteiger partial charge in [0.25, 0.3) is 5.91 Å². The summed E-state index contributed by atoms with van der Waals surface area (Å²) in [5.41, 5.74) is 2.83. The van der Waals surface area contributed by atoms with Crippen LogP contribution in [0.1, 0.15) is 61.5 Å². The van der Waals surface area contributed by atoms with E-state index >= 15 is 0 Å². The van der Waals surface area contributed by atoms with Crippen molar-refractivity contribution in [1.82, 2.24) is 5.01 Å². The number of hydrogen-bond donors (Lipinski definition) is 0. The van der Waals surface area contributed by atoms with Crippen molar-refractivity contribution in [2.75, 3.05) is 5.75 Å². The smallest absolute Gasteiger partial charge is 0.258 e. The lowest BCUT2D eigenvalue weighted by Crippen LogP contribution is -2.36. The van der Waals surface area contributed by atoms with Crippen LogP contribution >= 0.6 is 0 Å². The van der Waals surface area contributed by atoms with Gasteiger partial charge in [-0.1, -0.05) is 49.1 Å². The fourth-order valence-electron chi connectivity index (χ4n) is 4.14. The molecule has 7 heteroatoms. The number of amides is 1. The highest BCUT2D eigenvalue weighted by molar-refractivity contribution is 7.92. The van der Waals surface area contributed by atoms with Crippen molar-refractivity contribution in [3.63, 3.8) is 0 Å². The molecule has 1 unspecified atom stereocenters. The van der Waals surface area contributed by atoms with Gasteiger partial charge in [0.05, 0.1) is 17.2 Å². The zero-order valence-electron chi connectivity index (χ0n) is 16.6. The number of furan rings is 1. The second-order valence-corrected chi connectivity index (χ2v) is 10.2. The molecule has 1 aliphatic carbocycles. The van der Waals surface area contributed by atoms with Gasteiger partial charge >= 0.3 is 0 Å². The van der Waals surface area contributed by atoms with Gasteiger partial charge in [-0.3, -0.25) is 4.79 Å². The zero-order chi connectivity index (χ0) is 20.4. The number of carbonyl (C=O) groups is 1. The van der Waals surface area contributed by atoms with Crippen molar-refractivity contribution >= 4 is 21.5 Å². The highest BCUT2D eigenvalue weighted by Gasteiger charge is 2.38. The average Bonchev–Trinajstić information content (AvgIpc) is 3.39. The van der Waals surface area contributed by atoms with Gasteiger partial charge in [0.15, 0.2) is 9.84 Å². The number of carbonyl (C=O) groups excluding carboxylic acids is 1. The second-order valence-electron chi connectivity index (χ2n) is 7.95. The van der Waals surface area contributed by atoms with E-state index < -0.39 is 32.8 Å². The summed E-state index contributed by atoms with van der Waals surface area (Å²) in [6, 6.07) is 11.1. The Morgan fingerprint density at radius 3 is 2.52 bits per heavy atom. The monoisotopic (exact) mass is 414 g/mol. The summed E-state index contributed by atoms with van der Waals surface area (Å²) >= 11 is 0. The largest absolute Gasteiger partial charge is 0.467 e. The van der Waals surface area contributed by atoms with Crippen molar-refractivity contribution in [1.29, 1.82) is 0 Å². The standard InChI is InChI=1S/C22H26N2O4S/c1-16-9-11-17(12-10-16)19-14-20(21-8-5-13-28-21)24(23-19)22(25)15-29(26,27)18-6-3-2-4-7-18/h5,8-13,18,20H,2-4,6-7,14-15H2,1H3. The summed E-state index contributed by atoms with van der Waals surface area (Å²) in [5.74, 6) is -0.377. The third-order valence-corrected chi connectivity index (χ3v) is 7.94. The minimum absolute atomic E-state index is 0.412. The van der Waals surface area contributed by atoms with Crippen LogP contribution < -0.4 is 0 Å². The Bertz CT molecular complexity index is 988. The summed E-state index contributed by atoms with van der Waals surface area (Å²) in [5, 5.41) is 5.43. The van der Waals surface area contributed by atoms with Crippen LogP contribution in [0.25, 0.3) is 0 Å². The molecule has 0 radical (unpaired) electrons. The summed E-state index contributed by atoms with van der Waals surface area (Å²) < 4.78 is 31.2. The zero-order valence-corrected chi connectivity index (χ0v) is 17.4. The van der Waals surface area contributed by atoms with E-state index in [2.05, 4.69) is 5.10 Å². The third kappa shape index (κ3) is 4.29. The van der Waals surface area contributed by atoms with Gasteiger partial charge in [-0.05, 0) is 37.5 Å². The third-order valence-electron chi connectivity index (χ3n) is 5.81. The molecule has 6 nitrogen and oxygen atoms in total. The van der Waals surface area contributed by atoms with Crippen molar-refractivity contribution in [3.8, 4) is 0 Å². The maximum Gasteiger partial charge on any atom is 0.258 e. The van der Waals surface area contributed by atoms with Crippen LogP contribution in [0, 0.1) is 6.92 Å². The molecule has 1 aromatic heterocycles. The molecule has 1 saturated carbocycles. The average molecular weight is 415 g/mol. The van der Waals surface area contributed by atoms with E-state index in [4.69, 9.17) is 4.42 Å². The number of aryl methyl sites for hydroxylation is 1. The van der Waals surface area contributed by atoms with E-state index in [9.17, 15) is 13.2 Å². The molecular formula is C22H26N2O4S. The first kappa shape index (κ1) is 19.9. The molecule has 1 fully saturated rings. The number of sulfone groups is 1. The van der Waals surface area contributed by atoms with E-state index in [0.29, 0.717) is 25.0 Å². The van der Waals surface area contributed by atoms with Gasteiger partial charge in [0.1, 0.15) is 17.6 Å². The summed E-state index contributed by atoms with van der Waals surface area (Å²) in [6.07, 6.45) is 6.23. The number of nitrogens with zero attached hydrogens (tertiary/aromatic N) is 2.